The SMILES string of the molecule is O=C(COC(=O)c1cc2c(s1)-c1ccccc1OC2)c1ccc(Br)s1. The second-order valence-electron chi connectivity index (χ2n) is 5.35. The van der Waals surface area contributed by atoms with Crippen molar-refractivity contribution in [2.24, 2.45) is 0 Å². The third kappa shape index (κ3) is 3.27. The third-order valence-electron chi connectivity index (χ3n) is 3.71. The molecule has 7 heteroatoms. The Hall–Kier alpha value is -1.96. The number of fused-ring (bicyclic) bond motifs is 3. The van der Waals surface area contributed by atoms with Crippen LogP contribution in [0.1, 0.15) is 24.9 Å². The Labute approximate surface area is 160 Å². The van der Waals surface area contributed by atoms with Crippen molar-refractivity contribution in [1.29, 1.82) is 0 Å². The first-order valence-corrected chi connectivity index (χ1v) is 9.85. The van der Waals surface area contributed by atoms with Gasteiger partial charge >= 0.3 is 5.97 Å². The van der Waals surface area contributed by atoms with E-state index in [4.69, 9.17) is 9.47 Å². The smallest absolute Gasteiger partial charge is 0.348 e. The second kappa shape index (κ2) is 6.74. The van der Waals surface area contributed by atoms with Crippen LogP contribution in [0.2, 0.25) is 0 Å². The largest absolute Gasteiger partial charge is 0.488 e. The van der Waals surface area contributed by atoms with Crippen molar-refractivity contribution in [2.75, 3.05) is 6.61 Å². The molecule has 1 aliphatic rings. The van der Waals surface area contributed by atoms with Crippen LogP contribution in [-0.2, 0) is 11.3 Å². The number of esters is 1. The molecule has 3 heterocycles. The molecule has 1 aromatic carbocycles. The number of para-hydroxylation sites is 1. The van der Waals surface area contributed by atoms with Crippen LogP contribution in [0.3, 0.4) is 0 Å². The molecule has 0 aliphatic carbocycles. The van der Waals surface area contributed by atoms with Crippen LogP contribution in [0.25, 0.3) is 10.4 Å². The van der Waals surface area contributed by atoms with E-state index in [1.165, 1.54) is 22.7 Å². The van der Waals surface area contributed by atoms with E-state index < -0.39 is 5.97 Å². The maximum atomic E-state index is 12.3. The number of thiophene rings is 2. The van der Waals surface area contributed by atoms with Gasteiger partial charge in [-0.25, -0.2) is 4.79 Å². The summed E-state index contributed by atoms with van der Waals surface area (Å²) in [5, 5.41) is 0. The van der Waals surface area contributed by atoms with Crippen molar-refractivity contribution in [1.82, 2.24) is 0 Å². The molecule has 0 fully saturated rings. The molecule has 4 nitrogen and oxygen atoms in total. The highest BCUT2D eigenvalue weighted by Crippen LogP contribution is 2.42. The van der Waals surface area contributed by atoms with Gasteiger partial charge in [0.1, 0.15) is 17.2 Å². The lowest BCUT2D eigenvalue weighted by molar-refractivity contribution is 0.0480. The molecule has 25 heavy (non-hydrogen) atoms. The summed E-state index contributed by atoms with van der Waals surface area (Å²) in [5.41, 5.74) is 1.94. The zero-order chi connectivity index (χ0) is 17.4. The van der Waals surface area contributed by atoms with Crippen LogP contribution in [-0.4, -0.2) is 18.4 Å². The summed E-state index contributed by atoms with van der Waals surface area (Å²) < 4.78 is 11.8. The number of hydrogen-bond acceptors (Lipinski definition) is 6. The molecule has 126 valence electrons. The van der Waals surface area contributed by atoms with Gasteiger partial charge in [0.15, 0.2) is 6.61 Å². The van der Waals surface area contributed by atoms with Crippen molar-refractivity contribution >= 4 is 50.4 Å². The zero-order valence-electron chi connectivity index (χ0n) is 12.8. The predicted molar refractivity (Wildman–Crippen MR) is 101 cm³/mol. The number of benzene rings is 1. The van der Waals surface area contributed by atoms with Gasteiger partial charge in [-0.05, 0) is 46.3 Å². The first-order valence-electron chi connectivity index (χ1n) is 7.42. The number of Topliss-reactive ketones (excluding diaryl/α,β-unsaturated/α-hetero) is 1. The first-order chi connectivity index (χ1) is 12.1. The quantitative estimate of drug-likeness (QED) is 0.419. The Bertz CT molecular complexity index is 973. The molecule has 0 saturated carbocycles. The van der Waals surface area contributed by atoms with Gasteiger partial charge in [0.2, 0.25) is 5.78 Å². The predicted octanol–water partition coefficient (Wildman–Crippen LogP) is 5.17. The summed E-state index contributed by atoms with van der Waals surface area (Å²) in [4.78, 5) is 26.4. The zero-order valence-corrected chi connectivity index (χ0v) is 16.0. The van der Waals surface area contributed by atoms with Crippen molar-refractivity contribution in [2.45, 2.75) is 6.61 Å². The van der Waals surface area contributed by atoms with Crippen LogP contribution in [0, 0.1) is 0 Å². The fraction of sp³-hybridized carbons (Fsp3) is 0.111. The first kappa shape index (κ1) is 16.5. The summed E-state index contributed by atoms with van der Waals surface area (Å²) in [6, 6.07) is 13.0. The highest BCUT2D eigenvalue weighted by molar-refractivity contribution is 9.11. The summed E-state index contributed by atoms with van der Waals surface area (Å²) in [6.45, 7) is 0.166. The van der Waals surface area contributed by atoms with Gasteiger partial charge in [-0.2, -0.15) is 0 Å². The molecule has 0 spiro atoms. The van der Waals surface area contributed by atoms with E-state index in [0.717, 1.165) is 25.5 Å². The average molecular weight is 435 g/mol. The minimum atomic E-state index is -0.485. The average Bonchev–Trinajstić information content (AvgIpc) is 3.25. The lowest BCUT2D eigenvalue weighted by Gasteiger charge is -2.16. The third-order valence-corrected chi connectivity index (χ3v) is 6.56. The lowest BCUT2D eigenvalue weighted by Crippen LogP contribution is -2.12. The van der Waals surface area contributed by atoms with E-state index in [2.05, 4.69) is 15.9 Å². The molecule has 0 N–H and O–H groups in total. The number of halogens is 1. The van der Waals surface area contributed by atoms with E-state index >= 15 is 0 Å². The standard InChI is InChI=1S/C18H11BrO4S2/c19-16-6-5-14(24-16)12(20)9-23-18(21)15-7-10-8-22-13-4-2-1-3-11(13)17(10)25-15/h1-7H,8-9H2. The molecule has 1 aliphatic heterocycles. The molecular weight excluding hydrogens is 424 g/mol. The number of hydrogen-bond donors (Lipinski definition) is 0. The van der Waals surface area contributed by atoms with Crippen molar-refractivity contribution in [3.05, 3.63) is 61.6 Å². The lowest BCUT2D eigenvalue weighted by atomic mass is 10.1. The number of carbonyl (C=O) groups excluding carboxylic acids is 2. The molecule has 0 amide bonds. The molecular formula is C18H11BrO4S2. The summed E-state index contributed by atoms with van der Waals surface area (Å²) in [7, 11) is 0. The van der Waals surface area contributed by atoms with Gasteiger partial charge in [-0.1, -0.05) is 12.1 Å². The Morgan fingerprint density at radius 1 is 1.12 bits per heavy atom. The van der Waals surface area contributed by atoms with Crippen molar-refractivity contribution in [3.63, 3.8) is 0 Å². The molecule has 0 bridgehead atoms. The number of ether oxygens (including phenoxy) is 2. The van der Waals surface area contributed by atoms with Crippen LogP contribution in [0.5, 0.6) is 5.75 Å². The van der Waals surface area contributed by atoms with E-state index in [1.54, 1.807) is 18.2 Å². The molecule has 4 rings (SSSR count). The topological polar surface area (TPSA) is 52.6 Å². The molecule has 3 aromatic rings. The molecule has 0 radical (unpaired) electrons. The van der Waals surface area contributed by atoms with Gasteiger partial charge in [-0.15, -0.1) is 22.7 Å². The monoisotopic (exact) mass is 434 g/mol. The number of rotatable bonds is 4. The fourth-order valence-electron chi connectivity index (χ4n) is 2.54. The molecule has 0 saturated heterocycles. The van der Waals surface area contributed by atoms with Gasteiger partial charge in [0.05, 0.1) is 8.66 Å². The van der Waals surface area contributed by atoms with E-state index in [-0.39, 0.29) is 12.4 Å². The van der Waals surface area contributed by atoms with Gasteiger partial charge in [0.25, 0.3) is 0 Å². The van der Waals surface area contributed by atoms with Crippen LogP contribution in [0.15, 0.2) is 46.3 Å². The van der Waals surface area contributed by atoms with Crippen LogP contribution < -0.4 is 4.74 Å². The number of carbonyl (C=O) groups is 2. The van der Waals surface area contributed by atoms with E-state index in [9.17, 15) is 9.59 Å². The summed E-state index contributed by atoms with van der Waals surface area (Å²) >= 11 is 6.00. The Balaban J connectivity index is 1.49. The maximum absolute atomic E-state index is 12.3. The number of ketones is 1. The molecule has 0 unspecified atom stereocenters. The van der Waals surface area contributed by atoms with E-state index in [1.807, 2.05) is 24.3 Å². The maximum Gasteiger partial charge on any atom is 0.348 e. The normalized spacial score (nSPS) is 12.0. The Morgan fingerprint density at radius 2 is 1.96 bits per heavy atom. The van der Waals surface area contributed by atoms with Gasteiger partial charge in [-0.3, -0.25) is 4.79 Å². The minimum Gasteiger partial charge on any atom is -0.488 e. The summed E-state index contributed by atoms with van der Waals surface area (Å²) in [5.74, 6) is 0.120. The fourth-order valence-corrected chi connectivity index (χ4v) is 4.94. The molecule has 0 atom stereocenters. The Morgan fingerprint density at radius 3 is 2.76 bits per heavy atom. The van der Waals surface area contributed by atoms with Crippen LogP contribution >= 0.6 is 38.6 Å². The highest BCUT2D eigenvalue weighted by Gasteiger charge is 2.23. The van der Waals surface area contributed by atoms with Crippen molar-refractivity contribution < 1.29 is 19.1 Å². The van der Waals surface area contributed by atoms with Gasteiger partial charge in [0, 0.05) is 16.0 Å². The van der Waals surface area contributed by atoms with E-state index in [0.29, 0.717) is 16.4 Å². The Kier molecular flexibility index (Phi) is 4.45. The highest BCUT2D eigenvalue weighted by atomic mass is 79.9. The van der Waals surface area contributed by atoms with Gasteiger partial charge < -0.3 is 9.47 Å². The second-order valence-corrected chi connectivity index (χ2v) is 8.87. The van der Waals surface area contributed by atoms with Crippen LogP contribution in [0.4, 0.5) is 0 Å². The minimum absolute atomic E-state index is 0.209. The summed E-state index contributed by atoms with van der Waals surface area (Å²) in [6.07, 6.45) is 0. The molecule has 2 aromatic heterocycles. The van der Waals surface area contributed by atoms with Crippen molar-refractivity contribution in [3.8, 4) is 16.2 Å².